The van der Waals surface area contributed by atoms with Gasteiger partial charge in [0.1, 0.15) is 0 Å². The molecule has 2 heteroatoms. The number of rotatable bonds is 2. The molecular formula is C14H18OSi. The first-order valence-electron chi connectivity index (χ1n) is 5.62. The van der Waals surface area contributed by atoms with Gasteiger partial charge in [0.05, 0.1) is 20.6 Å². The van der Waals surface area contributed by atoms with Gasteiger partial charge in [-0.2, -0.15) is 0 Å². The predicted octanol–water partition coefficient (Wildman–Crippen LogP) is 3.80. The van der Waals surface area contributed by atoms with Gasteiger partial charge in [-0.05, 0) is 17.7 Å². The topological polar surface area (TPSA) is 13.1 Å². The fraction of sp³-hybridized carbons (Fsp3) is 0.286. The lowest BCUT2D eigenvalue weighted by molar-refractivity contribution is 0.569. The third-order valence-electron chi connectivity index (χ3n) is 2.83. The van der Waals surface area contributed by atoms with Crippen molar-refractivity contribution >= 4 is 13.3 Å². The van der Waals surface area contributed by atoms with E-state index in [1.54, 1.807) is 0 Å². The Balaban J connectivity index is 2.49. The second kappa shape index (κ2) is 3.94. The summed E-state index contributed by atoms with van der Waals surface area (Å²) in [5.74, 6) is 0. The normalized spacial score (nSPS) is 11.8. The van der Waals surface area contributed by atoms with Crippen LogP contribution in [0.25, 0.3) is 11.1 Å². The molecule has 0 saturated heterocycles. The Morgan fingerprint density at radius 3 is 2.12 bits per heavy atom. The second-order valence-electron chi connectivity index (χ2n) is 5.32. The number of aryl methyl sites for hydroxylation is 1. The standard InChI is InChI=1S/C14H18OSi/c1-11-5-7-12(8-6-11)13-9-15-10-14(13)16(2,3)4/h5-10H,1-4H3. The highest BCUT2D eigenvalue weighted by atomic mass is 28.3. The van der Waals surface area contributed by atoms with Gasteiger partial charge in [-0.3, -0.25) is 0 Å². The molecule has 0 saturated carbocycles. The lowest BCUT2D eigenvalue weighted by Crippen LogP contribution is -2.37. The molecule has 0 aliphatic carbocycles. The Kier molecular flexibility index (Phi) is 2.76. The van der Waals surface area contributed by atoms with Crippen molar-refractivity contribution in [3.8, 4) is 11.1 Å². The van der Waals surface area contributed by atoms with E-state index in [1.165, 1.54) is 21.9 Å². The van der Waals surface area contributed by atoms with Gasteiger partial charge in [0, 0.05) is 5.56 Å². The summed E-state index contributed by atoms with van der Waals surface area (Å²) in [6, 6.07) is 8.64. The first-order chi connectivity index (χ1) is 7.48. The minimum absolute atomic E-state index is 1.26. The van der Waals surface area contributed by atoms with Gasteiger partial charge in [0.25, 0.3) is 0 Å². The molecular weight excluding hydrogens is 212 g/mol. The van der Waals surface area contributed by atoms with E-state index in [1.807, 2.05) is 12.5 Å². The summed E-state index contributed by atoms with van der Waals surface area (Å²) >= 11 is 0. The molecule has 0 radical (unpaired) electrons. The third-order valence-corrected chi connectivity index (χ3v) is 4.84. The quantitative estimate of drug-likeness (QED) is 0.715. The molecule has 0 bridgehead atoms. The molecule has 0 amide bonds. The van der Waals surface area contributed by atoms with E-state index in [0.29, 0.717) is 0 Å². The van der Waals surface area contributed by atoms with Crippen molar-refractivity contribution in [3.05, 3.63) is 42.4 Å². The highest BCUT2D eigenvalue weighted by Gasteiger charge is 2.22. The average Bonchev–Trinajstić information content (AvgIpc) is 2.66. The lowest BCUT2D eigenvalue weighted by Gasteiger charge is -2.16. The van der Waals surface area contributed by atoms with E-state index >= 15 is 0 Å². The van der Waals surface area contributed by atoms with Crippen molar-refractivity contribution in [3.63, 3.8) is 0 Å². The molecule has 0 aliphatic heterocycles. The molecule has 1 heterocycles. The number of hydrogen-bond donors (Lipinski definition) is 0. The van der Waals surface area contributed by atoms with Crippen LogP contribution in [0.2, 0.25) is 19.6 Å². The predicted molar refractivity (Wildman–Crippen MR) is 71.9 cm³/mol. The molecule has 0 aliphatic rings. The summed E-state index contributed by atoms with van der Waals surface area (Å²) in [5.41, 5.74) is 3.82. The van der Waals surface area contributed by atoms with Crippen LogP contribution in [0, 0.1) is 6.92 Å². The molecule has 0 atom stereocenters. The number of benzene rings is 1. The SMILES string of the molecule is Cc1ccc(-c2cocc2[Si](C)(C)C)cc1. The first-order valence-corrected chi connectivity index (χ1v) is 9.12. The largest absolute Gasteiger partial charge is 0.472 e. The Morgan fingerprint density at radius 1 is 0.938 bits per heavy atom. The van der Waals surface area contributed by atoms with Gasteiger partial charge < -0.3 is 4.42 Å². The summed E-state index contributed by atoms with van der Waals surface area (Å²) in [5, 5.41) is 1.40. The van der Waals surface area contributed by atoms with Gasteiger partial charge in [0.2, 0.25) is 0 Å². The highest BCUT2D eigenvalue weighted by Crippen LogP contribution is 2.21. The van der Waals surface area contributed by atoms with Crippen molar-refractivity contribution in [1.82, 2.24) is 0 Å². The minimum atomic E-state index is -1.32. The van der Waals surface area contributed by atoms with Gasteiger partial charge in [-0.1, -0.05) is 49.5 Å². The van der Waals surface area contributed by atoms with E-state index in [2.05, 4.69) is 50.8 Å². The first kappa shape index (κ1) is 11.2. The maximum Gasteiger partial charge on any atom is 0.0979 e. The molecule has 1 nitrogen and oxygen atoms in total. The average molecular weight is 230 g/mol. The monoisotopic (exact) mass is 230 g/mol. The fourth-order valence-electron chi connectivity index (χ4n) is 1.83. The van der Waals surface area contributed by atoms with E-state index in [9.17, 15) is 0 Å². The number of furan rings is 1. The molecule has 2 rings (SSSR count). The van der Waals surface area contributed by atoms with Gasteiger partial charge in [0.15, 0.2) is 0 Å². The van der Waals surface area contributed by atoms with E-state index in [4.69, 9.17) is 4.42 Å². The molecule has 84 valence electrons. The Bertz CT molecular complexity index is 474. The minimum Gasteiger partial charge on any atom is -0.472 e. The summed E-state index contributed by atoms with van der Waals surface area (Å²) in [4.78, 5) is 0. The highest BCUT2D eigenvalue weighted by molar-refractivity contribution is 6.89. The van der Waals surface area contributed by atoms with Crippen molar-refractivity contribution < 1.29 is 4.42 Å². The van der Waals surface area contributed by atoms with E-state index in [-0.39, 0.29) is 0 Å². The van der Waals surface area contributed by atoms with Crippen LogP contribution < -0.4 is 5.19 Å². The van der Waals surface area contributed by atoms with Crippen molar-refractivity contribution in [1.29, 1.82) is 0 Å². The maximum absolute atomic E-state index is 5.39. The van der Waals surface area contributed by atoms with Crippen molar-refractivity contribution in [2.24, 2.45) is 0 Å². The molecule has 0 unspecified atom stereocenters. The Hall–Kier alpha value is -1.28. The fourth-order valence-corrected chi connectivity index (χ4v) is 3.27. The molecule has 0 N–H and O–H groups in total. The summed E-state index contributed by atoms with van der Waals surface area (Å²) in [6.07, 6.45) is 3.79. The van der Waals surface area contributed by atoms with Crippen LogP contribution in [-0.2, 0) is 0 Å². The van der Waals surface area contributed by atoms with Crippen LogP contribution in [-0.4, -0.2) is 8.07 Å². The van der Waals surface area contributed by atoms with Crippen LogP contribution >= 0.6 is 0 Å². The molecule has 0 fully saturated rings. The Morgan fingerprint density at radius 2 is 1.56 bits per heavy atom. The third kappa shape index (κ3) is 2.12. The van der Waals surface area contributed by atoms with Crippen molar-refractivity contribution in [2.75, 3.05) is 0 Å². The summed E-state index contributed by atoms with van der Waals surface area (Å²) < 4.78 is 5.39. The summed E-state index contributed by atoms with van der Waals surface area (Å²) in [7, 11) is -1.32. The van der Waals surface area contributed by atoms with E-state index in [0.717, 1.165) is 0 Å². The number of hydrogen-bond acceptors (Lipinski definition) is 1. The van der Waals surface area contributed by atoms with Crippen LogP contribution in [0.5, 0.6) is 0 Å². The van der Waals surface area contributed by atoms with Crippen LogP contribution in [0.4, 0.5) is 0 Å². The molecule has 0 spiro atoms. The maximum atomic E-state index is 5.39. The second-order valence-corrected chi connectivity index (χ2v) is 10.4. The van der Waals surface area contributed by atoms with Crippen LogP contribution in [0.1, 0.15) is 5.56 Å². The zero-order valence-corrected chi connectivity index (χ0v) is 11.4. The molecule has 1 aromatic carbocycles. The van der Waals surface area contributed by atoms with E-state index < -0.39 is 8.07 Å². The summed E-state index contributed by atoms with van der Waals surface area (Å²) in [6.45, 7) is 9.14. The van der Waals surface area contributed by atoms with Gasteiger partial charge in [-0.15, -0.1) is 0 Å². The smallest absolute Gasteiger partial charge is 0.0979 e. The lowest BCUT2D eigenvalue weighted by atomic mass is 10.1. The van der Waals surface area contributed by atoms with Crippen LogP contribution in [0.3, 0.4) is 0 Å². The molecule has 2 aromatic rings. The van der Waals surface area contributed by atoms with Gasteiger partial charge in [-0.25, -0.2) is 0 Å². The zero-order chi connectivity index (χ0) is 11.8. The Labute approximate surface area is 98.1 Å². The van der Waals surface area contributed by atoms with Gasteiger partial charge >= 0.3 is 0 Å². The van der Waals surface area contributed by atoms with Crippen LogP contribution in [0.15, 0.2) is 41.2 Å². The van der Waals surface area contributed by atoms with Crippen molar-refractivity contribution in [2.45, 2.75) is 26.6 Å². The molecule has 16 heavy (non-hydrogen) atoms. The zero-order valence-electron chi connectivity index (χ0n) is 10.4. The molecule has 1 aromatic heterocycles.